The summed E-state index contributed by atoms with van der Waals surface area (Å²) in [4.78, 5) is 49.1. The van der Waals surface area contributed by atoms with Crippen LogP contribution in [0.1, 0.15) is 23.7 Å². The van der Waals surface area contributed by atoms with E-state index in [-0.39, 0.29) is 17.1 Å². The van der Waals surface area contributed by atoms with Crippen LogP contribution in [0, 0.1) is 0 Å². The number of rotatable bonds is 5. The molecule has 110 valence electrons. The van der Waals surface area contributed by atoms with E-state index in [0.717, 1.165) is 4.90 Å². The number of nitrogens with zero attached hydrogens (tertiary/aromatic N) is 2. The number of carbonyl (C=O) groups is 4. The number of hydrogen-bond acceptors (Lipinski definition) is 4. The molecule has 0 atom stereocenters. The van der Waals surface area contributed by atoms with Crippen LogP contribution in [0.3, 0.4) is 0 Å². The van der Waals surface area contributed by atoms with Gasteiger partial charge in [0.25, 0.3) is 0 Å². The highest BCUT2D eigenvalue weighted by Gasteiger charge is 2.44. The molecule has 0 N–H and O–H groups in total. The van der Waals surface area contributed by atoms with Crippen molar-refractivity contribution in [2.75, 3.05) is 13.1 Å². The molecule has 6 nitrogen and oxygen atoms in total. The van der Waals surface area contributed by atoms with Crippen LogP contribution in [0.4, 0.5) is 4.79 Å². The topological polar surface area (TPSA) is 74.8 Å². The molecule has 0 aliphatic carbocycles. The zero-order chi connectivity index (χ0) is 15.6. The fraction of sp³-hybridized carbons (Fsp3) is 0.286. The van der Waals surface area contributed by atoms with Crippen LogP contribution in [-0.2, 0) is 9.59 Å². The van der Waals surface area contributed by atoms with E-state index in [1.807, 2.05) is 0 Å². The van der Waals surface area contributed by atoms with Gasteiger partial charge in [-0.15, -0.1) is 0 Å². The average molecular weight is 309 g/mol. The maximum atomic E-state index is 12.1. The van der Waals surface area contributed by atoms with E-state index in [4.69, 9.17) is 11.6 Å². The number of amides is 4. The van der Waals surface area contributed by atoms with Gasteiger partial charge in [-0.3, -0.25) is 19.3 Å². The van der Waals surface area contributed by atoms with Crippen molar-refractivity contribution in [2.24, 2.45) is 0 Å². The first-order valence-corrected chi connectivity index (χ1v) is 6.80. The molecule has 0 radical (unpaired) electrons. The molecule has 1 fully saturated rings. The molecule has 4 amide bonds. The zero-order valence-corrected chi connectivity index (χ0v) is 12.1. The van der Waals surface area contributed by atoms with Crippen LogP contribution < -0.4 is 0 Å². The Labute approximate surface area is 126 Å². The molecule has 2 rings (SSSR count). The fourth-order valence-electron chi connectivity index (χ4n) is 2.03. The molecule has 0 saturated carbocycles. The van der Waals surface area contributed by atoms with Crippen molar-refractivity contribution in [1.82, 2.24) is 9.80 Å². The smallest absolute Gasteiger partial charge is 0.292 e. The zero-order valence-electron chi connectivity index (χ0n) is 11.3. The first-order chi connectivity index (χ1) is 9.97. The Kier molecular flexibility index (Phi) is 4.37. The van der Waals surface area contributed by atoms with Gasteiger partial charge in [0.2, 0.25) is 0 Å². The number of benzene rings is 1. The third-order valence-electron chi connectivity index (χ3n) is 3.06. The standard InChI is InChI=1S/C14H13ClN2O4/c1-2-7-16-12(19)13(20)17(14(16)21)8-11(18)9-5-3-4-6-10(9)15/h3-6H,2,7-8H2,1H3. The molecule has 0 aromatic heterocycles. The lowest BCUT2D eigenvalue weighted by molar-refractivity contribution is -0.143. The highest BCUT2D eigenvalue weighted by atomic mass is 35.5. The van der Waals surface area contributed by atoms with Gasteiger partial charge in [-0.05, 0) is 18.6 Å². The second-order valence-electron chi connectivity index (χ2n) is 4.53. The van der Waals surface area contributed by atoms with Gasteiger partial charge in [-0.2, -0.15) is 0 Å². The van der Waals surface area contributed by atoms with Gasteiger partial charge in [0, 0.05) is 12.1 Å². The van der Waals surface area contributed by atoms with Crippen LogP contribution in [0.25, 0.3) is 0 Å². The predicted molar refractivity (Wildman–Crippen MR) is 74.9 cm³/mol. The Balaban J connectivity index is 2.18. The van der Waals surface area contributed by atoms with Crippen molar-refractivity contribution in [3.8, 4) is 0 Å². The summed E-state index contributed by atoms with van der Waals surface area (Å²) in [5, 5.41) is 0.235. The summed E-state index contributed by atoms with van der Waals surface area (Å²) in [6, 6.07) is 5.57. The largest absolute Gasteiger partial charge is 0.334 e. The minimum Gasteiger partial charge on any atom is -0.292 e. The Morgan fingerprint density at radius 1 is 1.10 bits per heavy atom. The van der Waals surface area contributed by atoms with Crippen LogP contribution in [0.2, 0.25) is 5.02 Å². The van der Waals surface area contributed by atoms with E-state index >= 15 is 0 Å². The Bertz CT molecular complexity index is 629. The molecular weight excluding hydrogens is 296 g/mol. The molecule has 1 aliphatic rings. The fourth-order valence-corrected chi connectivity index (χ4v) is 2.27. The highest BCUT2D eigenvalue weighted by Crippen LogP contribution is 2.18. The van der Waals surface area contributed by atoms with E-state index in [2.05, 4.69) is 0 Å². The van der Waals surface area contributed by atoms with Crippen molar-refractivity contribution < 1.29 is 19.2 Å². The SMILES string of the molecule is CCCN1C(=O)C(=O)N(CC(=O)c2ccccc2Cl)C1=O. The second-order valence-corrected chi connectivity index (χ2v) is 4.94. The molecule has 1 aromatic rings. The number of hydrogen-bond donors (Lipinski definition) is 0. The molecule has 1 heterocycles. The van der Waals surface area contributed by atoms with Gasteiger partial charge in [0.15, 0.2) is 5.78 Å². The van der Waals surface area contributed by atoms with E-state index in [1.165, 1.54) is 12.1 Å². The molecule has 1 aromatic carbocycles. The Morgan fingerprint density at radius 3 is 2.33 bits per heavy atom. The first kappa shape index (κ1) is 15.2. The van der Waals surface area contributed by atoms with Crippen LogP contribution >= 0.6 is 11.6 Å². The van der Waals surface area contributed by atoms with E-state index in [0.29, 0.717) is 11.3 Å². The van der Waals surface area contributed by atoms with Gasteiger partial charge in [0.05, 0.1) is 11.6 Å². The normalized spacial score (nSPS) is 15.0. The highest BCUT2D eigenvalue weighted by molar-refractivity contribution is 6.45. The summed E-state index contributed by atoms with van der Waals surface area (Å²) in [5.74, 6) is -2.36. The average Bonchev–Trinajstić information content (AvgIpc) is 2.66. The number of Topliss-reactive ketones (excluding diaryl/α,β-unsaturated/α-hetero) is 1. The lowest BCUT2D eigenvalue weighted by atomic mass is 10.1. The summed E-state index contributed by atoms with van der Waals surface area (Å²) < 4.78 is 0. The van der Waals surface area contributed by atoms with E-state index < -0.39 is 30.2 Å². The number of urea groups is 1. The summed E-state index contributed by atoms with van der Waals surface area (Å²) in [6.45, 7) is 1.44. The maximum absolute atomic E-state index is 12.1. The van der Waals surface area contributed by atoms with Crippen LogP contribution in [0.5, 0.6) is 0 Å². The lowest BCUT2D eigenvalue weighted by Crippen LogP contribution is -2.37. The number of halogens is 1. The third kappa shape index (κ3) is 2.80. The molecule has 1 aliphatic heterocycles. The Hall–Kier alpha value is -2.21. The second kappa shape index (κ2) is 6.05. The van der Waals surface area contributed by atoms with Crippen molar-refractivity contribution in [3.63, 3.8) is 0 Å². The van der Waals surface area contributed by atoms with Gasteiger partial charge in [0.1, 0.15) is 0 Å². The van der Waals surface area contributed by atoms with Crippen molar-refractivity contribution in [2.45, 2.75) is 13.3 Å². The van der Waals surface area contributed by atoms with Gasteiger partial charge < -0.3 is 0 Å². The number of carbonyl (C=O) groups excluding carboxylic acids is 4. The molecule has 0 spiro atoms. The molecule has 7 heteroatoms. The minimum absolute atomic E-state index is 0.153. The quantitative estimate of drug-likeness (QED) is 0.471. The van der Waals surface area contributed by atoms with Crippen molar-refractivity contribution in [1.29, 1.82) is 0 Å². The lowest BCUT2D eigenvalue weighted by Gasteiger charge is -2.14. The van der Waals surface area contributed by atoms with Gasteiger partial charge >= 0.3 is 17.8 Å². The summed E-state index contributed by atoms with van der Waals surface area (Å²) >= 11 is 5.90. The minimum atomic E-state index is -0.978. The van der Waals surface area contributed by atoms with E-state index in [1.54, 1.807) is 19.1 Å². The molecule has 0 unspecified atom stereocenters. The summed E-state index contributed by atoms with van der Waals surface area (Å²) in [5.41, 5.74) is 0.209. The predicted octanol–water partition coefficient (Wildman–Crippen LogP) is 1.72. The third-order valence-corrected chi connectivity index (χ3v) is 3.39. The maximum Gasteiger partial charge on any atom is 0.334 e. The van der Waals surface area contributed by atoms with Gasteiger partial charge in [-0.25, -0.2) is 9.69 Å². The Morgan fingerprint density at radius 2 is 1.71 bits per heavy atom. The van der Waals surface area contributed by atoms with Crippen LogP contribution in [0.15, 0.2) is 24.3 Å². The van der Waals surface area contributed by atoms with Crippen LogP contribution in [-0.4, -0.2) is 46.5 Å². The molecular formula is C14H13ClN2O4. The molecule has 21 heavy (non-hydrogen) atoms. The van der Waals surface area contributed by atoms with Crippen molar-refractivity contribution in [3.05, 3.63) is 34.9 Å². The van der Waals surface area contributed by atoms with E-state index in [9.17, 15) is 19.2 Å². The van der Waals surface area contributed by atoms with Crippen molar-refractivity contribution >= 4 is 35.2 Å². The summed E-state index contributed by atoms with van der Waals surface area (Å²) in [6.07, 6.45) is 0.539. The van der Waals surface area contributed by atoms with Gasteiger partial charge in [-0.1, -0.05) is 30.7 Å². The first-order valence-electron chi connectivity index (χ1n) is 6.42. The number of imide groups is 2. The molecule has 1 saturated heterocycles. The molecule has 0 bridgehead atoms. The number of ketones is 1. The summed E-state index contributed by atoms with van der Waals surface area (Å²) in [7, 11) is 0. The monoisotopic (exact) mass is 308 g/mol.